The summed E-state index contributed by atoms with van der Waals surface area (Å²) in [6, 6.07) is 13.4. The number of hydrogen-bond donors (Lipinski definition) is 2. The molecule has 3 N–H and O–H groups in total. The van der Waals surface area contributed by atoms with Gasteiger partial charge in [-0.15, -0.1) is 0 Å². The Morgan fingerprint density at radius 1 is 1.21 bits per heavy atom. The second-order valence-electron chi connectivity index (χ2n) is 8.67. The number of halogens is 1. The molecule has 2 aromatic carbocycles. The molecule has 1 fully saturated rings. The normalized spacial score (nSPS) is 16.3. The molecule has 0 spiro atoms. The van der Waals surface area contributed by atoms with Gasteiger partial charge in [0.15, 0.2) is 0 Å². The summed E-state index contributed by atoms with van der Waals surface area (Å²) in [5, 5.41) is 7.36. The zero-order valence-corrected chi connectivity index (χ0v) is 18.8. The van der Waals surface area contributed by atoms with E-state index >= 15 is 0 Å². The number of anilines is 1. The lowest BCUT2D eigenvalue weighted by Gasteiger charge is -2.22. The van der Waals surface area contributed by atoms with Crippen LogP contribution in [0.15, 0.2) is 54.7 Å². The van der Waals surface area contributed by atoms with E-state index in [-0.39, 0.29) is 29.6 Å². The second kappa shape index (κ2) is 9.54. The van der Waals surface area contributed by atoms with E-state index in [0.717, 1.165) is 30.6 Å². The first-order valence-electron chi connectivity index (χ1n) is 11.1. The minimum Gasteiger partial charge on any atom is -0.368 e. The molecule has 0 radical (unpaired) electrons. The number of nitrogens with zero attached hydrogens (tertiary/aromatic N) is 3. The van der Waals surface area contributed by atoms with Crippen LogP contribution in [0.2, 0.25) is 0 Å². The first-order valence-corrected chi connectivity index (χ1v) is 11.1. The number of aromatic nitrogens is 2. The van der Waals surface area contributed by atoms with Crippen molar-refractivity contribution in [3.8, 4) is 5.69 Å². The third kappa shape index (κ3) is 4.96. The van der Waals surface area contributed by atoms with Crippen LogP contribution in [0.25, 0.3) is 5.69 Å². The number of hydrogen-bond acceptors (Lipinski definition) is 4. The number of likely N-dealkylation sites (tertiary alicyclic amines) is 1. The summed E-state index contributed by atoms with van der Waals surface area (Å²) in [5.74, 6) is -0.867. The molecule has 7 nitrogen and oxygen atoms in total. The van der Waals surface area contributed by atoms with Crippen LogP contribution in [0.3, 0.4) is 0 Å². The molecule has 33 heavy (non-hydrogen) atoms. The number of nitrogens with one attached hydrogen (secondary N) is 1. The van der Waals surface area contributed by atoms with E-state index in [4.69, 9.17) is 5.73 Å². The van der Waals surface area contributed by atoms with E-state index in [2.05, 4.69) is 15.3 Å². The third-order valence-corrected chi connectivity index (χ3v) is 5.93. The average Bonchev–Trinajstić information content (AvgIpc) is 3.42. The highest BCUT2D eigenvalue weighted by atomic mass is 19.1. The molecule has 172 valence electrons. The van der Waals surface area contributed by atoms with Crippen LogP contribution in [0, 0.1) is 5.82 Å². The lowest BCUT2D eigenvalue weighted by atomic mass is 10.0. The summed E-state index contributed by atoms with van der Waals surface area (Å²) in [5.41, 5.74) is 9.09. The van der Waals surface area contributed by atoms with Gasteiger partial charge in [0.1, 0.15) is 5.82 Å². The van der Waals surface area contributed by atoms with Gasteiger partial charge >= 0.3 is 0 Å². The van der Waals surface area contributed by atoms with Gasteiger partial charge in [-0.05, 0) is 67.3 Å². The summed E-state index contributed by atoms with van der Waals surface area (Å²) in [6.45, 7) is 5.39. The van der Waals surface area contributed by atoms with Gasteiger partial charge in [-0.25, -0.2) is 9.07 Å². The van der Waals surface area contributed by atoms with Crippen molar-refractivity contribution in [3.63, 3.8) is 0 Å². The predicted molar refractivity (Wildman–Crippen MR) is 125 cm³/mol. The van der Waals surface area contributed by atoms with E-state index in [1.165, 1.54) is 12.1 Å². The summed E-state index contributed by atoms with van der Waals surface area (Å²) in [6.07, 6.45) is 3.27. The molecular weight excluding hydrogens is 421 g/mol. The van der Waals surface area contributed by atoms with Crippen molar-refractivity contribution >= 4 is 17.5 Å². The van der Waals surface area contributed by atoms with Gasteiger partial charge in [-0.2, -0.15) is 5.10 Å². The Balaban J connectivity index is 1.53. The Bertz CT molecular complexity index is 1160. The highest BCUT2D eigenvalue weighted by Crippen LogP contribution is 2.25. The molecule has 2 heterocycles. The fourth-order valence-corrected chi connectivity index (χ4v) is 4.39. The Morgan fingerprint density at radius 2 is 1.97 bits per heavy atom. The maximum atomic E-state index is 13.3. The van der Waals surface area contributed by atoms with Crippen LogP contribution in [0.4, 0.5) is 10.1 Å². The smallest absolute Gasteiger partial charge is 0.259 e. The van der Waals surface area contributed by atoms with Gasteiger partial charge in [0.25, 0.3) is 5.91 Å². The maximum absolute atomic E-state index is 13.3. The Hall–Kier alpha value is -3.52. The van der Waals surface area contributed by atoms with Gasteiger partial charge in [0.2, 0.25) is 5.91 Å². The number of rotatable bonds is 7. The van der Waals surface area contributed by atoms with Gasteiger partial charge in [-0.3, -0.25) is 14.5 Å². The van der Waals surface area contributed by atoms with Gasteiger partial charge < -0.3 is 11.1 Å². The van der Waals surface area contributed by atoms with E-state index in [0.29, 0.717) is 23.5 Å². The van der Waals surface area contributed by atoms with Crippen molar-refractivity contribution in [2.75, 3.05) is 11.9 Å². The molecule has 8 heteroatoms. The molecule has 1 aromatic heterocycles. The zero-order chi connectivity index (χ0) is 23.5. The lowest BCUT2D eigenvalue weighted by molar-refractivity contribution is -0.122. The zero-order valence-electron chi connectivity index (χ0n) is 18.8. The monoisotopic (exact) mass is 449 g/mol. The van der Waals surface area contributed by atoms with Crippen LogP contribution in [0.1, 0.15) is 54.2 Å². The minimum atomic E-state index is -0.328. The molecule has 1 aliphatic rings. The highest BCUT2D eigenvalue weighted by molar-refractivity contribution is 6.05. The topological polar surface area (TPSA) is 93.2 Å². The SMILES string of the molecule is CC(C)c1c(C(=O)Nc2cccc(CN3CCCC3C(N)=O)c2)cnn1-c1ccc(F)cc1. The number of carbonyl (C=O) groups is 2. The van der Waals surface area contributed by atoms with Gasteiger partial charge in [0.05, 0.1) is 29.2 Å². The molecule has 0 aliphatic carbocycles. The molecule has 1 saturated heterocycles. The van der Waals surface area contributed by atoms with Crippen molar-refractivity contribution in [1.29, 1.82) is 0 Å². The largest absolute Gasteiger partial charge is 0.368 e. The van der Waals surface area contributed by atoms with E-state index < -0.39 is 0 Å². The Kier molecular flexibility index (Phi) is 6.55. The summed E-state index contributed by atoms with van der Waals surface area (Å²) in [4.78, 5) is 26.9. The molecule has 1 unspecified atom stereocenters. The standard InChI is InChI=1S/C25H28FN5O2/c1-16(2)23-21(14-28-31(23)20-10-8-18(26)9-11-20)25(33)29-19-6-3-5-17(13-19)15-30-12-4-7-22(30)24(27)32/h3,5-6,8-11,13-14,16,22H,4,7,12,15H2,1-2H3,(H2,27,32)(H,29,33). The van der Waals surface area contributed by atoms with Crippen molar-refractivity contribution in [1.82, 2.24) is 14.7 Å². The molecule has 0 bridgehead atoms. The van der Waals surface area contributed by atoms with Crippen LogP contribution >= 0.6 is 0 Å². The molecular formula is C25H28FN5O2. The molecule has 0 saturated carbocycles. The van der Waals surface area contributed by atoms with Crippen molar-refractivity contribution < 1.29 is 14.0 Å². The maximum Gasteiger partial charge on any atom is 0.259 e. The Morgan fingerprint density at radius 3 is 2.67 bits per heavy atom. The molecule has 2 amide bonds. The fraction of sp³-hybridized carbons (Fsp3) is 0.320. The number of amides is 2. The number of benzene rings is 2. The van der Waals surface area contributed by atoms with Crippen LogP contribution in [-0.2, 0) is 11.3 Å². The van der Waals surface area contributed by atoms with Crippen LogP contribution in [0.5, 0.6) is 0 Å². The molecule has 4 rings (SSSR count). The highest BCUT2D eigenvalue weighted by Gasteiger charge is 2.29. The van der Waals surface area contributed by atoms with E-state index in [1.807, 2.05) is 38.1 Å². The number of primary amides is 1. The first-order chi connectivity index (χ1) is 15.8. The van der Waals surface area contributed by atoms with Gasteiger partial charge in [-0.1, -0.05) is 26.0 Å². The summed E-state index contributed by atoms with van der Waals surface area (Å²) >= 11 is 0. The van der Waals surface area contributed by atoms with Crippen LogP contribution in [-0.4, -0.2) is 39.1 Å². The van der Waals surface area contributed by atoms with Gasteiger partial charge in [0, 0.05) is 12.2 Å². The van der Waals surface area contributed by atoms with Crippen molar-refractivity contribution in [2.45, 2.75) is 45.2 Å². The second-order valence-corrected chi connectivity index (χ2v) is 8.67. The fourth-order valence-electron chi connectivity index (χ4n) is 4.39. The van der Waals surface area contributed by atoms with Crippen molar-refractivity contribution in [2.24, 2.45) is 5.73 Å². The molecule has 3 aromatic rings. The predicted octanol–water partition coefficient (Wildman–Crippen LogP) is 3.84. The first kappa shape index (κ1) is 22.7. The molecule has 1 atom stereocenters. The summed E-state index contributed by atoms with van der Waals surface area (Å²) < 4.78 is 15.0. The number of nitrogens with two attached hydrogens (primary N) is 1. The summed E-state index contributed by atoms with van der Waals surface area (Å²) in [7, 11) is 0. The number of carbonyl (C=O) groups excluding carboxylic acids is 2. The van der Waals surface area contributed by atoms with Crippen LogP contribution < -0.4 is 11.1 Å². The van der Waals surface area contributed by atoms with E-state index in [1.54, 1.807) is 23.0 Å². The average molecular weight is 450 g/mol. The quantitative estimate of drug-likeness (QED) is 0.573. The van der Waals surface area contributed by atoms with E-state index in [9.17, 15) is 14.0 Å². The lowest BCUT2D eigenvalue weighted by Crippen LogP contribution is -2.39. The molecule has 1 aliphatic heterocycles. The van der Waals surface area contributed by atoms with Crippen molar-refractivity contribution in [3.05, 3.63) is 77.4 Å². The minimum absolute atomic E-state index is 0.0190. The third-order valence-electron chi connectivity index (χ3n) is 5.93. The Labute approximate surface area is 192 Å².